The van der Waals surface area contributed by atoms with Crippen molar-refractivity contribution < 1.29 is 14.3 Å². The molecule has 0 spiro atoms. The first-order valence-corrected chi connectivity index (χ1v) is 12.9. The van der Waals surface area contributed by atoms with Gasteiger partial charge >= 0.3 is 0 Å². The second-order valence-electron chi connectivity index (χ2n) is 11.2. The van der Waals surface area contributed by atoms with Crippen molar-refractivity contribution >= 4 is 27.6 Å². The highest BCUT2D eigenvalue weighted by Crippen LogP contribution is 2.46. The molecule has 36 heavy (non-hydrogen) atoms. The maximum absolute atomic E-state index is 13.1. The second-order valence-corrected chi connectivity index (χ2v) is 11.2. The molecule has 6 rings (SSSR count). The quantitative estimate of drug-likeness (QED) is 0.307. The van der Waals surface area contributed by atoms with Crippen molar-refractivity contribution in [2.75, 3.05) is 6.61 Å². The van der Waals surface area contributed by atoms with Crippen molar-refractivity contribution in [3.05, 3.63) is 65.0 Å². The molecule has 1 fully saturated rings. The summed E-state index contributed by atoms with van der Waals surface area (Å²) < 4.78 is 12.4. The molecule has 0 saturated heterocycles. The first-order valence-electron chi connectivity index (χ1n) is 12.9. The normalized spacial score (nSPS) is 16.2. The number of benzene rings is 2. The number of nitrogens with zero attached hydrogens (tertiary/aromatic N) is 2. The summed E-state index contributed by atoms with van der Waals surface area (Å²) >= 11 is 0. The van der Waals surface area contributed by atoms with E-state index in [1.54, 1.807) is 6.92 Å². The predicted molar refractivity (Wildman–Crippen MR) is 143 cm³/mol. The number of aryl methyl sites for hydroxylation is 1. The molecule has 2 aliphatic rings. The second kappa shape index (κ2) is 8.38. The van der Waals surface area contributed by atoms with Crippen LogP contribution in [0, 0.1) is 6.92 Å². The minimum absolute atomic E-state index is 0.0183. The molecule has 4 aromatic rings. The van der Waals surface area contributed by atoms with Crippen LogP contribution in [0.15, 0.2) is 42.6 Å². The van der Waals surface area contributed by atoms with Crippen molar-refractivity contribution in [2.45, 2.75) is 71.5 Å². The van der Waals surface area contributed by atoms with Crippen molar-refractivity contribution in [1.82, 2.24) is 9.97 Å². The summed E-state index contributed by atoms with van der Waals surface area (Å²) in [6, 6.07) is 12.6. The molecule has 1 saturated carbocycles. The highest BCUT2D eigenvalue weighted by Gasteiger charge is 2.32. The van der Waals surface area contributed by atoms with Gasteiger partial charge in [0.25, 0.3) is 0 Å². The third-order valence-electron chi connectivity index (χ3n) is 7.20. The molecule has 5 nitrogen and oxygen atoms in total. The smallest absolute Gasteiger partial charge is 0.163 e. The molecule has 0 bridgehead atoms. The van der Waals surface area contributed by atoms with Gasteiger partial charge in [0.05, 0.1) is 23.2 Å². The van der Waals surface area contributed by atoms with Crippen LogP contribution in [0.2, 0.25) is 0 Å². The van der Waals surface area contributed by atoms with E-state index in [4.69, 9.17) is 19.4 Å². The van der Waals surface area contributed by atoms with Crippen LogP contribution in [-0.2, 0) is 16.0 Å². The number of hydrogen-bond donors (Lipinski definition) is 0. The van der Waals surface area contributed by atoms with Crippen molar-refractivity contribution in [1.29, 1.82) is 0 Å². The fourth-order valence-corrected chi connectivity index (χ4v) is 5.47. The Labute approximate surface area is 211 Å². The number of pyridine rings is 2. The molecule has 0 N–H and O–H groups in total. The molecular formula is C31H32N2O3. The molecule has 2 aromatic carbocycles. The molecule has 0 amide bonds. The number of rotatable bonds is 5. The summed E-state index contributed by atoms with van der Waals surface area (Å²) in [7, 11) is 0. The predicted octanol–water partition coefficient (Wildman–Crippen LogP) is 7.02. The largest absolute Gasteiger partial charge is 0.493 e. The zero-order valence-corrected chi connectivity index (χ0v) is 21.6. The van der Waals surface area contributed by atoms with Crippen LogP contribution in [0.5, 0.6) is 5.75 Å². The standard InChI is InChI=1S/C31H32N2O3/c1-17-16-24-21(8-10-23(33-24)19-6-7-19)28(26(17)30(18(2)34)36-31(3,4)5)22-9-11-25-27-20(13-15-35-25)12-14-32-29(22)27/h8-12,14,16,19,30H,6-7,13,15H2,1-5H3/t30-/m1/s1. The Hall–Kier alpha value is -3.31. The number of aromatic nitrogens is 2. The van der Waals surface area contributed by atoms with E-state index in [9.17, 15) is 4.79 Å². The number of Topliss-reactive ketones (excluding diaryl/α,β-unsaturated/α-hetero) is 1. The number of carbonyl (C=O) groups is 1. The van der Waals surface area contributed by atoms with E-state index in [-0.39, 0.29) is 5.78 Å². The highest BCUT2D eigenvalue weighted by atomic mass is 16.5. The van der Waals surface area contributed by atoms with Gasteiger partial charge in [0.1, 0.15) is 11.9 Å². The lowest BCUT2D eigenvalue weighted by atomic mass is 9.85. The third kappa shape index (κ3) is 3.96. The summed E-state index contributed by atoms with van der Waals surface area (Å²) in [5.41, 5.74) is 7.59. The topological polar surface area (TPSA) is 61.3 Å². The molecular weight excluding hydrogens is 448 g/mol. The van der Waals surface area contributed by atoms with Gasteiger partial charge in [-0.25, -0.2) is 0 Å². The Morgan fingerprint density at radius 3 is 2.67 bits per heavy atom. The fraction of sp³-hybridized carbons (Fsp3) is 0.387. The maximum atomic E-state index is 13.1. The zero-order chi connectivity index (χ0) is 25.2. The van der Waals surface area contributed by atoms with E-state index in [0.29, 0.717) is 12.5 Å². The van der Waals surface area contributed by atoms with E-state index in [0.717, 1.165) is 61.9 Å². The van der Waals surface area contributed by atoms with Crippen molar-refractivity contribution in [3.8, 4) is 16.9 Å². The Morgan fingerprint density at radius 2 is 1.94 bits per heavy atom. The number of ketones is 1. The van der Waals surface area contributed by atoms with Crippen molar-refractivity contribution in [2.24, 2.45) is 0 Å². The first kappa shape index (κ1) is 23.1. The van der Waals surface area contributed by atoms with E-state index < -0.39 is 11.7 Å². The van der Waals surface area contributed by atoms with Gasteiger partial charge in [-0.05, 0) is 100 Å². The molecule has 0 unspecified atom stereocenters. The fourth-order valence-electron chi connectivity index (χ4n) is 5.47. The first-order chi connectivity index (χ1) is 17.2. The molecule has 5 heteroatoms. The average molecular weight is 481 g/mol. The van der Waals surface area contributed by atoms with E-state index in [1.807, 2.05) is 33.0 Å². The summed E-state index contributed by atoms with van der Waals surface area (Å²) in [5, 5.41) is 2.07. The van der Waals surface area contributed by atoms with Gasteiger partial charge in [-0.1, -0.05) is 6.07 Å². The zero-order valence-electron chi connectivity index (χ0n) is 21.6. The van der Waals surface area contributed by atoms with Gasteiger partial charge in [-0.15, -0.1) is 0 Å². The van der Waals surface area contributed by atoms with Gasteiger partial charge in [-0.2, -0.15) is 0 Å². The van der Waals surface area contributed by atoms with Crippen LogP contribution in [0.3, 0.4) is 0 Å². The van der Waals surface area contributed by atoms with Gasteiger partial charge in [-0.3, -0.25) is 14.8 Å². The van der Waals surface area contributed by atoms with Crippen LogP contribution in [0.4, 0.5) is 0 Å². The lowest BCUT2D eigenvalue weighted by Crippen LogP contribution is -2.27. The molecule has 184 valence electrons. The number of fused-ring (bicyclic) bond motifs is 1. The van der Waals surface area contributed by atoms with Crippen LogP contribution in [-0.4, -0.2) is 28.0 Å². The van der Waals surface area contributed by atoms with Gasteiger partial charge in [0.2, 0.25) is 0 Å². The van der Waals surface area contributed by atoms with Crippen molar-refractivity contribution in [3.63, 3.8) is 0 Å². The Bertz CT molecular complexity index is 1520. The summed E-state index contributed by atoms with van der Waals surface area (Å²) in [6.07, 6.45) is 4.44. The van der Waals surface area contributed by atoms with Gasteiger partial charge < -0.3 is 9.47 Å². The number of ether oxygens (including phenoxy) is 2. The summed E-state index contributed by atoms with van der Waals surface area (Å²) in [5.74, 6) is 1.41. The van der Waals surface area contributed by atoms with E-state index in [1.165, 1.54) is 18.4 Å². The average Bonchev–Trinajstić information content (AvgIpc) is 3.67. The van der Waals surface area contributed by atoms with Gasteiger partial charge in [0, 0.05) is 40.6 Å². The minimum Gasteiger partial charge on any atom is -0.493 e. The van der Waals surface area contributed by atoms with Gasteiger partial charge in [0.15, 0.2) is 5.78 Å². The Kier molecular flexibility index (Phi) is 5.38. The molecule has 1 aliphatic heterocycles. The lowest BCUT2D eigenvalue weighted by Gasteiger charge is -2.30. The lowest BCUT2D eigenvalue weighted by molar-refractivity contribution is -0.138. The number of carbonyl (C=O) groups excluding carboxylic acids is 1. The van der Waals surface area contributed by atoms with Crippen LogP contribution in [0.25, 0.3) is 32.9 Å². The summed E-state index contributed by atoms with van der Waals surface area (Å²) in [4.78, 5) is 23.0. The van der Waals surface area contributed by atoms with Crippen LogP contribution >= 0.6 is 0 Å². The van der Waals surface area contributed by atoms with E-state index in [2.05, 4.69) is 37.3 Å². The highest BCUT2D eigenvalue weighted by molar-refractivity contribution is 6.08. The summed E-state index contributed by atoms with van der Waals surface area (Å²) in [6.45, 7) is 10.3. The molecule has 3 heterocycles. The number of hydrogen-bond acceptors (Lipinski definition) is 5. The Morgan fingerprint density at radius 1 is 1.14 bits per heavy atom. The molecule has 1 atom stereocenters. The molecule has 2 aromatic heterocycles. The van der Waals surface area contributed by atoms with E-state index >= 15 is 0 Å². The maximum Gasteiger partial charge on any atom is 0.163 e. The Balaban J connectivity index is 1.70. The van der Waals surface area contributed by atoms with Crippen LogP contribution < -0.4 is 4.74 Å². The molecule has 1 aliphatic carbocycles. The van der Waals surface area contributed by atoms with Crippen LogP contribution in [0.1, 0.15) is 74.9 Å². The third-order valence-corrected chi connectivity index (χ3v) is 7.20. The monoisotopic (exact) mass is 480 g/mol. The molecule has 0 radical (unpaired) electrons. The minimum atomic E-state index is -0.699. The SMILES string of the molecule is CC(=O)[C@@H](OC(C)(C)C)c1c(C)cc2nc(C3CC3)ccc2c1-c1ccc2c3c(ccnc13)CCO2.